The Balaban J connectivity index is 1.90. The number of carbonyl (C=O) groups is 3. The van der Waals surface area contributed by atoms with Gasteiger partial charge in [-0.15, -0.1) is 11.8 Å². The third-order valence-corrected chi connectivity index (χ3v) is 6.87. The zero-order valence-electron chi connectivity index (χ0n) is 15.0. The number of fused-ring (bicyclic) bond motifs is 1. The molecular weight excluding hydrogens is 394 g/mol. The van der Waals surface area contributed by atoms with Gasteiger partial charge in [-0.3, -0.25) is 30.0 Å². The van der Waals surface area contributed by atoms with Crippen LogP contribution in [0.2, 0.25) is 0 Å². The van der Waals surface area contributed by atoms with E-state index in [1.165, 1.54) is 21.6 Å². The monoisotopic (exact) mass is 415 g/mol. The maximum atomic E-state index is 12.6. The van der Waals surface area contributed by atoms with Crippen molar-refractivity contribution >= 4 is 52.4 Å². The van der Waals surface area contributed by atoms with Gasteiger partial charge < -0.3 is 14.7 Å². The first-order valence-corrected chi connectivity index (χ1v) is 10.2. The minimum Gasteiger partial charge on any atom is -0.390 e. The van der Waals surface area contributed by atoms with Crippen LogP contribution in [0.1, 0.15) is 19.8 Å². The molecule has 2 saturated heterocycles. The molecule has 3 N–H and O–H groups in total. The van der Waals surface area contributed by atoms with E-state index in [9.17, 15) is 19.5 Å². The summed E-state index contributed by atoms with van der Waals surface area (Å²) in [7, 11) is 3.28. The molecule has 3 aliphatic rings. The number of carbonyl (C=O) groups excluding carboxylic acids is 3. The number of guanidine groups is 1. The summed E-state index contributed by atoms with van der Waals surface area (Å²) in [6.45, 7) is 1.81. The number of nitrogens with one attached hydrogen (secondary N) is 2. The highest BCUT2D eigenvalue weighted by molar-refractivity contribution is 8.16. The van der Waals surface area contributed by atoms with Gasteiger partial charge in [0.1, 0.15) is 11.3 Å². The summed E-state index contributed by atoms with van der Waals surface area (Å²) in [6.07, 6.45) is -1.05. The molecule has 3 rings (SSSR count). The minimum absolute atomic E-state index is 0.102. The Labute approximate surface area is 164 Å². The van der Waals surface area contributed by atoms with Crippen LogP contribution in [-0.4, -0.2) is 86.1 Å². The third kappa shape index (κ3) is 3.84. The number of aliphatic hydroxyl groups is 1. The summed E-state index contributed by atoms with van der Waals surface area (Å²) in [6, 6.07) is 0. The standard InChI is InChI=1S/C15H21N5O5S2/c1-4-6(21)13-25-12(7(26-13)5-8(22)19(2)3)20-10-9(27-15(20)24)11(23)18-14(16)17-10/h6-7,9,12-13,21H,4-5H2,1-3H3,(H2,16,18,23)/t6-,7-,9?,12+,13?/m0/s1. The van der Waals surface area contributed by atoms with E-state index in [1.54, 1.807) is 14.1 Å². The average Bonchev–Trinajstić information content (AvgIpc) is 3.14. The van der Waals surface area contributed by atoms with Gasteiger partial charge in [-0.2, -0.15) is 4.99 Å². The highest BCUT2D eigenvalue weighted by Gasteiger charge is 2.53. The first-order chi connectivity index (χ1) is 12.7. The van der Waals surface area contributed by atoms with Crippen LogP contribution in [0.3, 0.4) is 0 Å². The molecule has 0 saturated carbocycles. The van der Waals surface area contributed by atoms with E-state index >= 15 is 0 Å². The number of ether oxygens (including phenoxy) is 1. The van der Waals surface area contributed by atoms with Crippen LogP contribution >= 0.6 is 23.5 Å². The van der Waals surface area contributed by atoms with Crippen LogP contribution in [0.4, 0.5) is 4.79 Å². The number of aliphatic hydroxyl groups excluding tert-OH is 1. The van der Waals surface area contributed by atoms with Crippen molar-refractivity contribution in [3.63, 3.8) is 0 Å². The zero-order chi connectivity index (χ0) is 19.9. The molecule has 3 aliphatic heterocycles. The zero-order valence-corrected chi connectivity index (χ0v) is 16.7. The van der Waals surface area contributed by atoms with E-state index < -0.39 is 39.4 Å². The second-order valence-electron chi connectivity index (χ2n) is 6.48. The molecule has 148 valence electrons. The molecule has 27 heavy (non-hydrogen) atoms. The van der Waals surface area contributed by atoms with Crippen LogP contribution in [0, 0.1) is 5.41 Å². The van der Waals surface area contributed by atoms with E-state index in [2.05, 4.69) is 10.3 Å². The van der Waals surface area contributed by atoms with E-state index in [-0.39, 0.29) is 24.1 Å². The topological polar surface area (TPSA) is 135 Å². The molecule has 3 amide bonds. The molecule has 2 fully saturated rings. The third-order valence-electron chi connectivity index (χ3n) is 4.36. The second kappa shape index (κ2) is 7.78. The average molecular weight is 415 g/mol. The molecule has 10 nitrogen and oxygen atoms in total. The second-order valence-corrected chi connectivity index (χ2v) is 8.88. The Bertz CT molecular complexity index is 715. The highest BCUT2D eigenvalue weighted by atomic mass is 32.2. The predicted molar refractivity (Wildman–Crippen MR) is 102 cm³/mol. The van der Waals surface area contributed by atoms with Crippen molar-refractivity contribution < 1.29 is 24.2 Å². The van der Waals surface area contributed by atoms with Crippen molar-refractivity contribution in [1.82, 2.24) is 15.1 Å². The van der Waals surface area contributed by atoms with Crippen molar-refractivity contribution in [3.05, 3.63) is 0 Å². The Morgan fingerprint density at radius 1 is 1.48 bits per heavy atom. The predicted octanol–water partition coefficient (Wildman–Crippen LogP) is 0.0203. The molecule has 0 spiro atoms. The number of amidine groups is 1. The summed E-state index contributed by atoms with van der Waals surface area (Å²) >= 11 is 2.09. The number of nitrogens with zero attached hydrogens (tertiary/aromatic N) is 3. The fourth-order valence-electron chi connectivity index (χ4n) is 2.87. The van der Waals surface area contributed by atoms with Crippen molar-refractivity contribution in [1.29, 1.82) is 5.41 Å². The summed E-state index contributed by atoms with van der Waals surface area (Å²) < 4.78 is 5.93. The quantitative estimate of drug-likeness (QED) is 0.576. The molecule has 0 radical (unpaired) electrons. The van der Waals surface area contributed by atoms with Crippen LogP contribution in [0.5, 0.6) is 0 Å². The molecule has 0 aromatic heterocycles. The van der Waals surface area contributed by atoms with Crippen molar-refractivity contribution in [2.45, 2.75) is 48.0 Å². The number of hydrogen-bond acceptors (Lipinski definition) is 8. The van der Waals surface area contributed by atoms with Gasteiger partial charge in [-0.1, -0.05) is 6.92 Å². The first kappa shape index (κ1) is 20.1. The van der Waals surface area contributed by atoms with E-state index in [4.69, 9.17) is 10.1 Å². The van der Waals surface area contributed by atoms with Crippen LogP contribution < -0.4 is 5.32 Å². The molecule has 0 bridgehead atoms. The van der Waals surface area contributed by atoms with Crippen molar-refractivity contribution in [2.75, 3.05) is 14.1 Å². The van der Waals surface area contributed by atoms with Crippen LogP contribution in [0.25, 0.3) is 0 Å². The van der Waals surface area contributed by atoms with E-state index in [0.29, 0.717) is 6.42 Å². The van der Waals surface area contributed by atoms with Gasteiger partial charge >= 0.3 is 0 Å². The maximum Gasteiger partial charge on any atom is 0.290 e. The normalized spacial score (nSPS) is 31.5. The SMILES string of the molecule is CC[C@H](O)C1O[C@@H](N2C(=O)SC3C(=O)NC(=N)N=C32)[C@H](CC(=O)N(C)C)S1. The van der Waals surface area contributed by atoms with Gasteiger partial charge in [0, 0.05) is 20.5 Å². The molecular formula is C15H21N5O5S2. The first-order valence-electron chi connectivity index (χ1n) is 8.40. The van der Waals surface area contributed by atoms with Gasteiger partial charge in [0.05, 0.1) is 11.4 Å². The molecule has 0 aliphatic carbocycles. The Morgan fingerprint density at radius 2 is 2.19 bits per heavy atom. The number of thioether (sulfide) groups is 2. The Kier molecular flexibility index (Phi) is 5.79. The van der Waals surface area contributed by atoms with Gasteiger partial charge in [-0.25, -0.2) is 0 Å². The van der Waals surface area contributed by atoms with E-state index in [0.717, 1.165) is 11.8 Å². The Morgan fingerprint density at radius 3 is 2.81 bits per heavy atom. The lowest BCUT2D eigenvalue weighted by Crippen LogP contribution is -2.52. The molecule has 2 unspecified atom stereocenters. The van der Waals surface area contributed by atoms with Crippen LogP contribution in [0.15, 0.2) is 4.99 Å². The molecule has 0 aromatic carbocycles. The fourth-order valence-corrected chi connectivity index (χ4v) is 5.28. The van der Waals surface area contributed by atoms with Gasteiger partial charge in [0.15, 0.2) is 11.5 Å². The van der Waals surface area contributed by atoms with Gasteiger partial charge in [-0.05, 0) is 18.2 Å². The lowest BCUT2D eigenvalue weighted by atomic mass is 10.2. The fraction of sp³-hybridized carbons (Fsp3) is 0.667. The van der Waals surface area contributed by atoms with Gasteiger partial charge in [0.25, 0.3) is 5.24 Å². The van der Waals surface area contributed by atoms with Crippen LogP contribution in [-0.2, 0) is 14.3 Å². The molecule has 12 heteroatoms. The number of amides is 3. The largest absolute Gasteiger partial charge is 0.390 e. The van der Waals surface area contributed by atoms with E-state index in [1.807, 2.05) is 6.92 Å². The number of rotatable bonds is 5. The lowest BCUT2D eigenvalue weighted by Gasteiger charge is -2.29. The lowest BCUT2D eigenvalue weighted by molar-refractivity contribution is -0.129. The summed E-state index contributed by atoms with van der Waals surface area (Å²) in [5, 5.41) is 18.4. The Hall–Kier alpha value is -1.63. The van der Waals surface area contributed by atoms with Gasteiger partial charge in [0.2, 0.25) is 17.8 Å². The van der Waals surface area contributed by atoms with Crippen molar-refractivity contribution in [3.8, 4) is 0 Å². The highest BCUT2D eigenvalue weighted by Crippen LogP contribution is 2.43. The summed E-state index contributed by atoms with van der Waals surface area (Å²) in [5.74, 6) is -0.830. The number of aliphatic imine (C=N–C) groups is 1. The minimum atomic E-state index is -0.854. The van der Waals surface area contributed by atoms with Crippen molar-refractivity contribution in [2.24, 2.45) is 4.99 Å². The molecule has 3 heterocycles. The maximum absolute atomic E-state index is 12.6. The summed E-state index contributed by atoms with van der Waals surface area (Å²) in [5.41, 5.74) is -0.603. The smallest absolute Gasteiger partial charge is 0.290 e. The number of hydrogen-bond donors (Lipinski definition) is 3. The summed E-state index contributed by atoms with van der Waals surface area (Å²) in [4.78, 5) is 43.6. The molecule has 5 atom stereocenters. The molecule has 0 aromatic rings.